The number of hydrogen-bond acceptors (Lipinski definition) is 5. The van der Waals surface area contributed by atoms with Gasteiger partial charge in [-0.15, -0.1) is 11.3 Å². The van der Waals surface area contributed by atoms with Crippen LogP contribution in [0.4, 0.5) is 0 Å². The molecule has 0 aromatic carbocycles. The summed E-state index contributed by atoms with van der Waals surface area (Å²) in [6.45, 7) is 1.87. The summed E-state index contributed by atoms with van der Waals surface area (Å²) in [5.74, 6) is -1.28. The van der Waals surface area contributed by atoms with Crippen LogP contribution in [0, 0.1) is 0 Å². The Morgan fingerprint density at radius 1 is 1.58 bits per heavy atom. The van der Waals surface area contributed by atoms with Crippen LogP contribution in [0.5, 0.6) is 0 Å². The van der Waals surface area contributed by atoms with E-state index in [0.717, 1.165) is 0 Å². The first kappa shape index (κ1) is 13.2. The number of hydrogen-bond donors (Lipinski definition) is 2. The van der Waals surface area contributed by atoms with Crippen molar-refractivity contribution in [2.75, 3.05) is 0 Å². The number of nitrogens with one attached hydrogen (secondary N) is 1. The second-order valence-corrected chi connectivity index (χ2v) is 4.76. The van der Waals surface area contributed by atoms with Gasteiger partial charge in [0.25, 0.3) is 0 Å². The van der Waals surface area contributed by atoms with Gasteiger partial charge in [0.05, 0.1) is 6.04 Å². The zero-order valence-electron chi connectivity index (χ0n) is 10.1. The van der Waals surface area contributed by atoms with Gasteiger partial charge >= 0.3 is 5.97 Å². The Bertz CT molecular complexity index is 579. The molecule has 0 bridgehead atoms. The van der Waals surface area contributed by atoms with Gasteiger partial charge in [0.1, 0.15) is 11.6 Å². The minimum Gasteiger partial charge on any atom is -0.476 e. The SMILES string of the molecule is CC(NC(=O)Cn1cccn1)c1nc(C(=O)O)cs1. The van der Waals surface area contributed by atoms with Crippen LogP contribution >= 0.6 is 11.3 Å². The first-order valence-corrected chi connectivity index (χ1v) is 6.39. The molecule has 0 aliphatic carbocycles. The molecule has 100 valence electrons. The first-order chi connectivity index (χ1) is 9.06. The van der Waals surface area contributed by atoms with Crippen molar-refractivity contribution < 1.29 is 14.7 Å². The number of aromatic carboxylic acids is 1. The first-order valence-electron chi connectivity index (χ1n) is 5.52. The fraction of sp³-hybridized carbons (Fsp3) is 0.273. The summed E-state index contributed by atoms with van der Waals surface area (Å²) in [4.78, 5) is 26.4. The van der Waals surface area contributed by atoms with Crippen LogP contribution < -0.4 is 5.32 Å². The van der Waals surface area contributed by atoms with E-state index in [-0.39, 0.29) is 24.2 Å². The van der Waals surface area contributed by atoms with Crippen LogP contribution in [-0.2, 0) is 11.3 Å². The standard InChI is InChI=1S/C11H12N4O3S/c1-7(10-14-8(6-19-10)11(17)18)13-9(16)5-15-4-2-3-12-15/h2-4,6-7H,5H2,1H3,(H,13,16)(H,17,18). The maximum Gasteiger partial charge on any atom is 0.355 e. The summed E-state index contributed by atoms with van der Waals surface area (Å²) in [6.07, 6.45) is 3.28. The van der Waals surface area contributed by atoms with Gasteiger partial charge in [-0.1, -0.05) is 0 Å². The van der Waals surface area contributed by atoms with Crippen molar-refractivity contribution >= 4 is 23.2 Å². The lowest BCUT2D eigenvalue weighted by molar-refractivity contribution is -0.122. The van der Waals surface area contributed by atoms with Gasteiger partial charge < -0.3 is 10.4 Å². The van der Waals surface area contributed by atoms with Gasteiger partial charge in [-0.3, -0.25) is 9.48 Å². The Hall–Kier alpha value is -2.22. The van der Waals surface area contributed by atoms with Gasteiger partial charge in [0.2, 0.25) is 5.91 Å². The summed E-state index contributed by atoms with van der Waals surface area (Å²) in [6, 6.07) is 1.40. The number of carbonyl (C=O) groups excluding carboxylic acids is 1. The Kier molecular flexibility index (Phi) is 3.91. The fourth-order valence-electron chi connectivity index (χ4n) is 1.47. The predicted octanol–water partition coefficient (Wildman–Crippen LogP) is 0.915. The molecule has 1 atom stereocenters. The summed E-state index contributed by atoms with van der Waals surface area (Å²) < 4.78 is 1.51. The third-order valence-corrected chi connectivity index (χ3v) is 3.38. The Morgan fingerprint density at radius 3 is 2.95 bits per heavy atom. The second-order valence-electron chi connectivity index (χ2n) is 3.87. The predicted molar refractivity (Wildman–Crippen MR) is 67.9 cm³/mol. The lowest BCUT2D eigenvalue weighted by Gasteiger charge is -2.11. The molecule has 0 aliphatic rings. The van der Waals surface area contributed by atoms with E-state index in [9.17, 15) is 9.59 Å². The summed E-state index contributed by atoms with van der Waals surface area (Å²) in [7, 11) is 0. The molecule has 0 saturated heterocycles. The van der Waals surface area contributed by atoms with Crippen molar-refractivity contribution in [3.63, 3.8) is 0 Å². The lowest BCUT2D eigenvalue weighted by atomic mass is 10.3. The molecule has 7 nitrogen and oxygen atoms in total. The van der Waals surface area contributed by atoms with Gasteiger partial charge in [-0.25, -0.2) is 9.78 Å². The third kappa shape index (κ3) is 3.38. The van der Waals surface area contributed by atoms with Crippen LogP contribution in [0.25, 0.3) is 0 Å². The van der Waals surface area contributed by atoms with E-state index in [1.54, 1.807) is 25.4 Å². The number of aromatic nitrogens is 3. The Balaban J connectivity index is 1.94. The molecule has 2 aromatic rings. The number of thiazole rings is 1. The van der Waals surface area contributed by atoms with E-state index in [4.69, 9.17) is 5.11 Å². The molecule has 8 heteroatoms. The second kappa shape index (κ2) is 5.61. The minimum atomic E-state index is -1.07. The average Bonchev–Trinajstić information content (AvgIpc) is 2.98. The zero-order chi connectivity index (χ0) is 13.8. The van der Waals surface area contributed by atoms with Crippen molar-refractivity contribution in [2.24, 2.45) is 0 Å². The third-order valence-electron chi connectivity index (χ3n) is 2.35. The van der Waals surface area contributed by atoms with Crippen LogP contribution in [0.1, 0.15) is 28.5 Å². The van der Waals surface area contributed by atoms with Crippen LogP contribution in [0.3, 0.4) is 0 Å². The molecule has 2 N–H and O–H groups in total. The van der Waals surface area contributed by atoms with E-state index in [1.165, 1.54) is 21.4 Å². The normalized spacial score (nSPS) is 12.1. The molecular weight excluding hydrogens is 268 g/mol. The summed E-state index contributed by atoms with van der Waals surface area (Å²) >= 11 is 1.21. The van der Waals surface area contributed by atoms with Crippen molar-refractivity contribution in [2.45, 2.75) is 19.5 Å². The molecule has 0 aliphatic heterocycles. The van der Waals surface area contributed by atoms with Crippen LogP contribution in [-0.4, -0.2) is 31.7 Å². The topological polar surface area (TPSA) is 97.1 Å². The van der Waals surface area contributed by atoms with E-state index in [1.807, 2.05) is 0 Å². The van der Waals surface area contributed by atoms with E-state index in [2.05, 4.69) is 15.4 Å². The number of rotatable bonds is 5. The van der Waals surface area contributed by atoms with Crippen LogP contribution in [0.15, 0.2) is 23.8 Å². The van der Waals surface area contributed by atoms with Crippen molar-refractivity contribution in [1.82, 2.24) is 20.1 Å². The van der Waals surface area contributed by atoms with Gasteiger partial charge in [-0.2, -0.15) is 5.10 Å². The van der Waals surface area contributed by atoms with Gasteiger partial charge in [0, 0.05) is 17.8 Å². The van der Waals surface area contributed by atoms with Crippen LogP contribution in [0.2, 0.25) is 0 Å². The summed E-state index contributed by atoms with van der Waals surface area (Å²) in [5, 5.41) is 17.5. The molecule has 19 heavy (non-hydrogen) atoms. The minimum absolute atomic E-state index is 0.00632. The largest absolute Gasteiger partial charge is 0.476 e. The van der Waals surface area contributed by atoms with Crippen molar-refractivity contribution in [3.05, 3.63) is 34.5 Å². The molecule has 0 spiro atoms. The average molecular weight is 280 g/mol. The highest BCUT2D eigenvalue weighted by molar-refractivity contribution is 7.09. The molecule has 0 saturated carbocycles. The number of carboxylic acid groups (broad SMARTS) is 1. The quantitative estimate of drug-likeness (QED) is 0.848. The fourth-order valence-corrected chi connectivity index (χ4v) is 2.27. The Morgan fingerprint density at radius 2 is 2.37 bits per heavy atom. The number of amides is 1. The highest BCUT2D eigenvalue weighted by Gasteiger charge is 2.16. The highest BCUT2D eigenvalue weighted by Crippen LogP contribution is 2.17. The van der Waals surface area contributed by atoms with Crippen molar-refractivity contribution in [3.8, 4) is 0 Å². The molecule has 2 aromatic heterocycles. The number of carbonyl (C=O) groups is 2. The molecule has 1 unspecified atom stereocenters. The van der Waals surface area contributed by atoms with E-state index >= 15 is 0 Å². The van der Waals surface area contributed by atoms with Crippen molar-refractivity contribution in [1.29, 1.82) is 0 Å². The maximum absolute atomic E-state index is 11.7. The molecular formula is C11H12N4O3S. The lowest BCUT2D eigenvalue weighted by Crippen LogP contribution is -2.30. The zero-order valence-corrected chi connectivity index (χ0v) is 10.9. The van der Waals surface area contributed by atoms with E-state index < -0.39 is 5.97 Å². The highest BCUT2D eigenvalue weighted by atomic mass is 32.1. The smallest absolute Gasteiger partial charge is 0.355 e. The van der Waals surface area contributed by atoms with E-state index in [0.29, 0.717) is 5.01 Å². The molecule has 2 rings (SSSR count). The maximum atomic E-state index is 11.7. The van der Waals surface area contributed by atoms with Gasteiger partial charge in [-0.05, 0) is 13.0 Å². The molecule has 0 radical (unpaired) electrons. The monoisotopic (exact) mass is 280 g/mol. The Labute approximate surface area is 112 Å². The van der Waals surface area contributed by atoms with Gasteiger partial charge in [0.15, 0.2) is 5.69 Å². The molecule has 0 fully saturated rings. The molecule has 1 amide bonds. The molecule has 2 heterocycles. The number of carboxylic acids is 1. The summed E-state index contributed by atoms with van der Waals surface area (Å²) in [5.41, 5.74) is -0.00632. The number of nitrogens with zero attached hydrogens (tertiary/aromatic N) is 3.